The van der Waals surface area contributed by atoms with Crippen molar-refractivity contribution < 1.29 is 13.9 Å². The minimum Gasteiger partial charge on any atom is -0.508 e. The second-order valence-corrected chi connectivity index (χ2v) is 9.17. The smallest absolute Gasteiger partial charge is 0.343 e. The monoisotopic (exact) mass is 507 g/mol. The van der Waals surface area contributed by atoms with Gasteiger partial charge in [0.05, 0.1) is 10.8 Å². The molecule has 3 N–H and O–H groups in total. The van der Waals surface area contributed by atoms with Gasteiger partial charge in [-0.25, -0.2) is 23.8 Å². The summed E-state index contributed by atoms with van der Waals surface area (Å²) in [5.41, 5.74) is 9.41. The van der Waals surface area contributed by atoms with Crippen molar-refractivity contribution in [3.05, 3.63) is 101 Å². The van der Waals surface area contributed by atoms with Gasteiger partial charge in [0.25, 0.3) is 0 Å². The zero-order valence-corrected chi connectivity index (χ0v) is 20.5. The van der Waals surface area contributed by atoms with Crippen LogP contribution < -0.4 is 11.4 Å². The summed E-state index contributed by atoms with van der Waals surface area (Å²) < 4.78 is 21.8. The average Bonchev–Trinajstić information content (AvgIpc) is 3.29. The fourth-order valence-electron chi connectivity index (χ4n) is 4.90. The van der Waals surface area contributed by atoms with E-state index in [4.69, 9.17) is 15.2 Å². The first-order valence-corrected chi connectivity index (χ1v) is 11.9. The lowest BCUT2D eigenvalue weighted by Gasteiger charge is -2.18. The lowest BCUT2D eigenvalue weighted by atomic mass is 9.95. The van der Waals surface area contributed by atoms with Crippen LogP contribution in [-0.2, 0) is 0 Å². The van der Waals surface area contributed by atoms with Crippen molar-refractivity contribution in [1.82, 2.24) is 19.7 Å². The molecular formula is C29H22FN5O3. The highest BCUT2D eigenvalue weighted by atomic mass is 19.1. The van der Waals surface area contributed by atoms with E-state index in [1.807, 2.05) is 50.2 Å². The maximum Gasteiger partial charge on any atom is 0.343 e. The van der Waals surface area contributed by atoms with Gasteiger partial charge in [-0.3, -0.25) is 0 Å². The Morgan fingerprint density at radius 1 is 1.00 bits per heavy atom. The number of anilines is 1. The van der Waals surface area contributed by atoms with Gasteiger partial charge in [-0.2, -0.15) is 5.10 Å². The molecule has 0 aliphatic carbocycles. The van der Waals surface area contributed by atoms with Crippen LogP contribution in [-0.4, -0.2) is 24.9 Å². The Hall–Kier alpha value is -5.05. The molecule has 0 amide bonds. The minimum absolute atomic E-state index is 0.145. The fraction of sp³-hybridized carbons (Fsp3) is 0.103. The predicted octanol–water partition coefficient (Wildman–Crippen LogP) is 5.61. The number of halogens is 1. The molecule has 3 heterocycles. The summed E-state index contributed by atoms with van der Waals surface area (Å²) >= 11 is 0. The Balaban J connectivity index is 1.66. The standard InChI is InChI=1S/C29H22FN5O3/c1-15-6-5-7-17(10-15)23-21-8-3-4-9-22(21)29(37)38-26(23)16(2)35-28-24(27(31)32-14-33-28)25(34-35)18-11-19(30)13-20(36)12-18/h3-14,16,36H,1-2H3,(H2,31,32,33). The SMILES string of the molecule is Cc1cccc(-c2c(C(C)n3nc(-c4cc(O)cc(F)c4)c4c(N)ncnc43)oc(=O)c3ccccc23)c1. The van der Waals surface area contributed by atoms with Gasteiger partial charge in [-0.15, -0.1) is 0 Å². The number of hydrogen-bond donors (Lipinski definition) is 2. The maximum atomic E-state index is 14.2. The molecule has 6 rings (SSSR count). The van der Waals surface area contributed by atoms with Crippen LogP contribution in [0.2, 0.25) is 0 Å². The molecule has 0 aliphatic rings. The normalized spacial score (nSPS) is 12.3. The van der Waals surface area contributed by atoms with Gasteiger partial charge in [-0.05, 0) is 37.6 Å². The number of phenols is 1. The molecule has 1 atom stereocenters. The fourth-order valence-corrected chi connectivity index (χ4v) is 4.90. The lowest BCUT2D eigenvalue weighted by Crippen LogP contribution is -2.14. The van der Waals surface area contributed by atoms with E-state index in [-0.39, 0.29) is 11.6 Å². The molecule has 0 bridgehead atoms. The van der Waals surface area contributed by atoms with Crippen molar-refractivity contribution in [2.75, 3.05) is 5.73 Å². The summed E-state index contributed by atoms with van der Waals surface area (Å²) in [6, 6.07) is 18.2. The number of rotatable bonds is 4. The molecule has 0 spiro atoms. The second kappa shape index (κ2) is 8.81. The summed E-state index contributed by atoms with van der Waals surface area (Å²) in [6.45, 7) is 3.83. The van der Waals surface area contributed by atoms with Crippen molar-refractivity contribution in [3.8, 4) is 28.1 Å². The molecule has 0 saturated heterocycles. The van der Waals surface area contributed by atoms with Crippen LogP contribution in [0.1, 0.15) is 24.3 Å². The predicted molar refractivity (Wildman–Crippen MR) is 143 cm³/mol. The summed E-state index contributed by atoms with van der Waals surface area (Å²) in [4.78, 5) is 21.6. The van der Waals surface area contributed by atoms with Gasteiger partial charge >= 0.3 is 5.63 Å². The van der Waals surface area contributed by atoms with Crippen LogP contribution >= 0.6 is 0 Å². The quantitative estimate of drug-likeness (QED) is 0.318. The van der Waals surface area contributed by atoms with E-state index < -0.39 is 17.5 Å². The molecule has 0 fully saturated rings. The largest absolute Gasteiger partial charge is 0.508 e. The number of hydrogen-bond acceptors (Lipinski definition) is 7. The molecule has 0 radical (unpaired) electrons. The van der Waals surface area contributed by atoms with Crippen LogP contribution in [0.15, 0.2) is 82.3 Å². The number of benzene rings is 3. The Bertz CT molecular complexity index is 1910. The van der Waals surface area contributed by atoms with E-state index in [9.17, 15) is 14.3 Å². The van der Waals surface area contributed by atoms with Crippen molar-refractivity contribution in [2.45, 2.75) is 19.9 Å². The first kappa shape index (κ1) is 23.4. The van der Waals surface area contributed by atoms with Crippen molar-refractivity contribution in [2.24, 2.45) is 0 Å². The minimum atomic E-state index is -0.631. The van der Waals surface area contributed by atoms with Gasteiger partial charge in [0.2, 0.25) is 0 Å². The molecule has 1 unspecified atom stereocenters. The van der Waals surface area contributed by atoms with Crippen LogP contribution in [0.3, 0.4) is 0 Å². The molecule has 8 nitrogen and oxygen atoms in total. The Morgan fingerprint density at radius 3 is 2.55 bits per heavy atom. The van der Waals surface area contributed by atoms with Crippen molar-refractivity contribution in [1.29, 1.82) is 0 Å². The average molecular weight is 508 g/mol. The van der Waals surface area contributed by atoms with E-state index in [0.717, 1.165) is 28.1 Å². The number of aromatic hydroxyl groups is 1. The van der Waals surface area contributed by atoms with Gasteiger partial charge in [-0.1, -0.05) is 48.0 Å². The maximum absolute atomic E-state index is 14.2. The van der Waals surface area contributed by atoms with Gasteiger partial charge < -0.3 is 15.3 Å². The number of aryl methyl sites for hydroxylation is 1. The highest BCUT2D eigenvalue weighted by Gasteiger charge is 2.27. The molecule has 3 aromatic heterocycles. The third kappa shape index (κ3) is 3.76. The van der Waals surface area contributed by atoms with E-state index in [0.29, 0.717) is 33.4 Å². The highest BCUT2D eigenvalue weighted by molar-refractivity contribution is 5.99. The summed E-state index contributed by atoms with van der Waals surface area (Å²) in [5, 5.41) is 16.4. The molecule has 9 heteroatoms. The van der Waals surface area contributed by atoms with E-state index in [1.165, 1.54) is 18.5 Å². The number of nitrogen functional groups attached to an aromatic ring is 1. The number of phenolic OH excluding ortho intramolecular Hbond substituents is 1. The third-order valence-electron chi connectivity index (χ3n) is 6.59. The molecule has 3 aromatic carbocycles. The zero-order valence-electron chi connectivity index (χ0n) is 20.5. The second-order valence-electron chi connectivity index (χ2n) is 9.17. The zero-order chi connectivity index (χ0) is 26.6. The van der Waals surface area contributed by atoms with Crippen LogP contribution in [0.25, 0.3) is 44.2 Å². The first-order chi connectivity index (χ1) is 18.3. The van der Waals surface area contributed by atoms with Crippen molar-refractivity contribution in [3.63, 3.8) is 0 Å². The number of fused-ring (bicyclic) bond motifs is 2. The number of aromatic nitrogens is 4. The number of nitrogens with two attached hydrogens (primary N) is 1. The van der Waals surface area contributed by atoms with Crippen LogP contribution in [0, 0.1) is 12.7 Å². The topological polar surface area (TPSA) is 120 Å². The number of nitrogens with zero attached hydrogens (tertiary/aromatic N) is 4. The van der Waals surface area contributed by atoms with Gasteiger partial charge in [0.15, 0.2) is 5.65 Å². The van der Waals surface area contributed by atoms with E-state index in [1.54, 1.807) is 16.8 Å². The molecule has 0 saturated carbocycles. The molecule has 38 heavy (non-hydrogen) atoms. The Labute approximate surface area is 215 Å². The van der Waals surface area contributed by atoms with Crippen molar-refractivity contribution >= 4 is 27.6 Å². The van der Waals surface area contributed by atoms with Gasteiger partial charge in [0, 0.05) is 22.6 Å². The molecule has 0 aliphatic heterocycles. The van der Waals surface area contributed by atoms with E-state index in [2.05, 4.69) is 9.97 Å². The van der Waals surface area contributed by atoms with E-state index >= 15 is 0 Å². The van der Waals surface area contributed by atoms with Crippen LogP contribution in [0.4, 0.5) is 10.2 Å². The Morgan fingerprint density at radius 2 is 1.79 bits per heavy atom. The Kier molecular flexibility index (Phi) is 5.41. The summed E-state index contributed by atoms with van der Waals surface area (Å²) in [7, 11) is 0. The van der Waals surface area contributed by atoms with Gasteiger partial charge in [0.1, 0.15) is 41.2 Å². The summed E-state index contributed by atoms with van der Waals surface area (Å²) in [6.07, 6.45) is 1.31. The molecule has 188 valence electrons. The lowest BCUT2D eigenvalue weighted by molar-refractivity contribution is 0.405. The third-order valence-corrected chi connectivity index (χ3v) is 6.59. The first-order valence-electron chi connectivity index (χ1n) is 11.9. The molecular weight excluding hydrogens is 485 g/mol. The van der Waals surface area contributed by atoms with Crippen LogP contribution in [0.5, 0.6) is 5.75 Å². The highest BCUT2D eigenvalue weighted by Crippen LogP contribution is 2.39. The summed E-state index contributed by atoms with van der Waals surface area (Å²) in [5.74, 6) is -0.359. The molecule has 6 aromatic rings.